The highest BCUT2D eigenvalue weighted by Gasteiger charge is 2.28. The van der Waals surface area contributed by atoms with Crippen LogP contribution in [0.4, 0.5) is 0 Å². The molecule has 1 N–H and O–H groups in total. The summed E-state index contributed by atoms with van der Waals surface area (Å²) in [7, 11) is 0. The van der Waals surface area contributed by atoms with E-state index in [1.807, 2.05) is 4.90 Å². The molecule has 3 nitrogen and oxygen atoms in total. The smallest absolute Gasteiger partial charge is 0.325 e. The molecule has 0 saturated carbocycles. The van der Waals surface area contributed by atoms with E-state index in [1.165, 1.54) is 6.42 Å². The molecule has 0 aromatic heterocycles. The molecule has 1 fully saturated rings. The van der Waals surface area contributed by atoms with Gasteiger partial charge in [0.2, 0.25) is 0 Å². The Balaban J connectivity index is 2.21. The summed E-state index contributed by atoms with van der Waals surface area (Å²) in [5.74, 6) is -0.783. The lowest BCUT2D eigenvalue weighted by atomic mass is 10.0. The second-order valence-electron chi connectivity index (χ2n) is 4.39. The monoisotopic (exact) mass is 253 g/mol. The van der Waals surface area contributed by atoms with E-state index in [-0.39, 0.29) is 0 Å². The molecule has 1 saturated heterocycles. The minimum atomic E-state index is -0.783. The van der Waals surface area contributed by atoms with Gasteiger partial charge in [-0.1, -0.05) is 30.2 Å². The first-order valence-electron chi connectivity index (χ1n) is 5.91. The Hall–Kier alpha value is -1.06. The number of aliphatic carboxylic acids is 1. The molecule has 2 rings (SSSR count). The second-order valence-corrected chi connectivity index (χ2v) is 4.83. The maximum atomic E-state index is 11.4. The van der Waals surface area contributed by atoms with Crippen molar-refractivity contribution in [1.82, 2.24) is 4.90 Å². The standard InChI is InChI=1S/C13H16ClNO2/c14-11-6-4-10(5-7-11)12(13(16)17)15-8-2-1-3-9-15/h4-7,12H,1-3,8-9H2,(H,16,17)/t12-/m1/s1. The lowest BCUT2D eigenvalue weighted by Gasteiger charge is -2.32. The fraction of sp³-hybridized carbons (Fsp3) is 0.462. The van der Waals surface area contributed by atoms with E-state index in [4.69, 9.17) is 11.6 Å². The van der Waals surface area contributed by atoms with Crippen molar-refractivity contribution in [2.24, 2.45) is 0 Å². The van der Waals surface area contributed by atoms with E-state index in [0.29, 0.717) is 5.02 Å². The van der Waals surface area contributed by atoms with Crippen LogP contribution in [0.2, 0.25) is 5.02 Å². The van der Waals surface area contributed by atoms with E-state index in [0.717, 1.165) is 31.5 Å². The van der Waals surface area contributed by atoms with Crippen LogP contribution in [0.15, 0.2) is 24.3 Å². The van der Waals surface area contributed by atoms with Gasteiger partial charge in [-0.05, 0) is 43.6 Å². The first-order valence-corrected chi connectivity index (χ1v) is 6.28. The van der Waals surface area contributed by atoms with Gasteiger partial charge in [0, 0.05) is 5.02 Å². The summed E-state index contributed by atoms with van der Waals surface area (Å²) in [6, 6.07) is 6.56. The van der Waals surface area contributed by atoms with Gasteiger partial charge in [0.25, 0.3) is 0 Å². The number of carboxylic acids is 1. The largest absolute Gasteiger partial charge is 0.480 e. The summed E-state index contributed by atoms with van der Waals surface area (Å²) in [5, 5.41) is 10.0. The predicted octanol–water partition coefficient (Wildman–Crippen LogP) is 2.95. The zero-order chi connectivity index (χ0) is 12.3. The van der Waals surface area contributed by atoms with E-state index < -0.39 is 12.0 Å². The van der Waals surface area contributed by atoms with Crippen LogP contribution >= 0.6 is 11.6 Å². The van der Waals surface area contributed by atoms with Gasteiger partial charge < -0.3 is 5.11 Å². The summed E-state index contributed by atoms with van der Waals surface area (Å²) in [4.78, 5) is 13.4. The third-order valence-corrected chi connectivity index (χ3v) is 3.43. The quantitative estimate of drug-likeness (QED) is 0.900. The van der Waals surface area contributed by atoms with Crippen LogP contribution in [0.5, 0.6) is 0 Å². The molecule has 0 bridgehead atoms. The van der Waals surface area contributed by atoms with Gasteiger partial charge in [-0.2, -0.15) is 0 Å². The van der Waals surface area contributed by atoms with E-state index in [2.05, 4.69) is 0 Å². The van der Waals surface area contributed by atoms with Crippen LogP contribution < -0.4 is 0 Å². The van der Waals surface area contributed by atoms with Gasteiger partial charge in [-0.15, -0.1) is 0 Å². The van der Waals surface area contributed by atoms with Crippen molar-refractivity contribution in [1.29, 1.82) is 0 Å². The minimum Gasteiger partial charge on any atom is -0.480 e. The number of likely N-dealkylation sites (tertiary alicyclic amines) is 1. The zero-order valence-electron chi connectivity index (χ0n) is 9.60. The van der Waals surface area contributed by atoms with Crippen LogP contribution in [0, 0.1) is 0 Å². The number of hydrogen-bond acceptors (Lipinski definition) is 2. The lowest BCUT2D eigenvalue weighted by Crippen LogP contribution is -2.37. The van der Waals surface area contributed by atoms with Gasteiger partial charge in [0.1, 0.15) is 6.04 Å². The highest BCUT2D eigenvalue weighted by atomic mass is 35.5. The van der Waals surface area contributed by atoms with Crippen molar-refractivity contribution >= 4 is 17.6 Å². The molecule has 0 radical (unpaired) electrons. The van der Waals surface area contributed by atoms with Crippen LogP contribution in [0.3, 0.4) is 0 Å². The van der Waals surface area contributed by atoms with Crippen LogP contribution in [-0.2, 0) is 4.79 Å². The molecule has 1 aromatic rings. The summed E-state index contributed by atoms with van der Waals surface area (Å²) < 4.78 is 0. The third-order valence-electron chi connectivity index (χ3n) is 3.18. The Morgan fingerprint density at radius 1 is 1.18 bits per heavy atom. The topological polar surface area (TPSA) is 40.5 Å². The van der Waals surface area contributed by atoms with Crippen molar-refractivity contribution < 1.29 is 9.90 Å². The van der Waals surface area contributed by atoms with E-state index in [1.54, 1.807) is 24.3 Å². The lowest BCUT2D eigenvalue weighted by molar-refractivity contribution is -0.144. The normalized spacial score (nSPS) is 18.9. The summed E-state index contributed by atoms with van der Waals surface area (Å²) >= 11 is 5.82. The molecular weight excluding hydrogens is 238 g/mol. The molecule has 0 amide bonds. The van der Waals surface area contributed by atoms with E-state index >= 15 is 0 Å². The summed E-state index contributed by atoms with van der Waals surface area (Å²) in [5.41, 5.74) is 0.809. The van der Waals surface area contributed by atoms with Crippen molar-refractivity contribution in [2.45, 2.75) is 25.3 Å². The van der Waals surface area contributed by atoms with Crippen molar-refractivity contribution in [3.05, 3.63) is 34.9 Å². The van der Waals surface area contributed by atoms with Gasteiger partial charge in [0.15, 0.2) is 0 Å². The van der Waals surface area contributed by atoms with Crippen molar-refractivity contribution in [2.75, 3.05) is 13.1 Å². The number of benzene rings is 1. The molecule has 17 heavy (non-hydrogen) atoms. The predicted molar refractivity (Wildman–Crippen MR) is 67.3 cm³/mol. The summed E-state index contributed by atoms with van der Waals surface area (Å²) in [6.07, 6.45) is 3.36. The molecule has 1 atom stereocenters. The molecule has 1 heterocycles. The SMILES string of the molecule is O=C(O)[C@@H](c1ccc(Cl)cc1)N1CCCCC1. The maximum Gasteiger partial charge on any atom is 0.325 e. The number of piperidine rings is 1. The van der Waals surface area contributed by atoms with Crippen molar-refractivity contribution in [3.8, 4) is 0 Å². The fourth-order valence-corrected chi connectivity index (χ4v) is 2.46. The van der Waals surface area contributed by atoms with Gasteiger partial charge in [-0.25, -0.2) is 0 Å². The highest BCUT2D eigenvalue weighted by Crippen LogP contribution is 2.25. The molecule has 1 aromatic carbocycles. The molecule has 4 heteroatoms. The number of carboxylic acid groups (broad SMARTS) is 1. The van der Waals surface area contributed by atoms with Crippen LogP contribution in [0.25, 0.3) is 0 Å². The average Bonchev–Trinajstić information content (AvgIpc) is 2.33. The number of carbonyl (C=O) groups is 1. The molecular formula is C13H16ClNO2. The van der Waals surface area contributed by atoms with Gasteiger partial charge in [-0.3, -0.25) is 9.69 Å². The first kappa shape index (κ1) is 12.4. The highest BCUT2D eigenvalue weighted by molar-refractivity contribution is 6.30. The van der Waals surface area contributed by atoms with Crippen LogP contribution in [0.1, 0.15) is 30.9 Å². The molecule has 0 spiro atoms. The molecule has 0 aliphatic carbocycles. The number of nitrogens with zero attached hydrogens (tertiary/aromatic N) is 1. The molecule has 0 unspecified atom stereocenters. The Morgan fingerprint density at radius 3 is 2.29 bits per heavy atom. The third kappa shape index (κ3) is 2.99. The van der Waals surface area contributed by atoms with Crippen LogP contribution in [-0.4, -0.2) is 29.1 Å². The van der Waals surface area contributed by atoms with Gasteiger partial charge >= 0.3 is 5.97 Å². The minimum absolute atomic E-state index is 0.535. The van der Waals surface area contributed by atoms with E-state index in [9.17, 15) is 9.90 Å². The van der Waals surface area contributed by atoms with Crippen molar-refractivity contribution in [3.63, 3.8) is 0 Å². The Bertz CT molecular complexity index is 385. The number of rotatable bonds is 3. The molecule has 1 aliphatic rings. The Kier molecular flexibility index (Phi) is 4.02. The number of hydrogen-bond donors (Lipinski definition) is 1. The molecule has 1 aliphatic heterocycles. The van der Waals surface area contributed by atoms with Gasteiger partial charge in [0.05, 0.1) is 0 Å². The molecule has 92 valence electrons. The fourth-order valence-electron chi connectivity index (χ4n) is 2.33. The Labute approximate surface area is 106 Å². The number of halogens is 1. The average molecular weight is 254 g/mol. The second kappa shape index (κ2) is 5.52. The zero-order valence-corrected chi connectivity index (χ0v) is 10.4. The maximum absolute atomic E-state index is 11.4. The first-order chi connectivity index (χ1) is 8.18. The summed E-state index contributed by atoms with van der Waals surface area (Å²) in [6.45, 7) is 1.72. The Morgan fingerprint density at radius 2 is 1.76 bits per heavy atom.